The summed E-state index contributed by atoms with van der Waals surface area (Å²) in [5, 5.41) is 11.9. The SMILES string of the molecule is O=C1CCc2c(Oc3ccc4c(c3)C[C@H](C(=O)O)CO4)ccnc2N1. The summed E-state index contributed by atoms with van der Waals surface area (Å²) in [4.78, 5) is 26.8. The second-order valence-electron chi connectivity index (χ2n) is 6.11. The Kier molecular flexibility index (Phi) is 3.76. The van der Waals surface area contributed by atoms with Gasteiger partial charge in [-0.25, -0.2) is 4.98 Å². The smallest absolute Gasteiger partial charge is 0.310 e. The third-order valence-electron chi connectivity index (χ3n) is 4.39. The van der Waals surface area contributed by atoms with Crippen LogP contribution in [0.5, 0.6) is 17.2 Å². The zero-order valence-electron chi connectivity index (χ0n) is 13.3. The molecule has 2 aliphatic rings. The molecule has 0 radical (unpaired) electrons. The fourth-order valence-corrected chi connectivity index (χ4v) is 3.07. The zero-order valence-corrected chi connectivity index (χ0v) is 13.3. The first kappa shape index (κ1) is 15.4. The number of benzene rings is 1. The highest BCUT2D eigenvalue weighted by Crippen LogP contribution is 2.36. The lowest BCUT2D eigenvalue weighted by molar-refractivity contribution is -0.143. The van der Waals surface area contributed by atoms with E-state index in [1.54, 1.807) is 30.5 Å². The standard InChI is InChI=1S/C18H16N2O5/c21-16-4-2-13-15(5-6-19-17(13)20-16)25-12-1-3-14-10(8-12)7-11(9-24-14)18(22)23/h1,3,5-6,8,11H,2,4,7,9H2,(H,22,23)(H,19,20,21)/t11-/m0/s1. The quantitative estimate of drug-likeness (QED) is 0.890. The van der Waals surface area contributed by atoms with Crippen molar-refractivity contribution in [1.82, 2.24) is 4.98 Å². The van der Waals surface area contributed by atoms with Crippen LogP contribution in [0.2, 0.25) is 0 Å². The number of rotatable bonds is 3. The van der Waals surface area contributed by atoms with Crippen molar-refractivity contribution in [2.45, 2.75) is 19.3 Å². The number of carboxylic acid groups (broad SMARTS) is 1. The lowest BCUT2D eigenvalue weighted by atomic mass is 9.97. The van der Waals surface area contributed by atoms with E-state index in [4.69, 9.17) is 14.6 Å². The van der Waals surface area contributed by atoms with Gasteiger partial charge in [-0.3, -0.25) is 9.59 Å². The fraction of sp³-hybridized carbons (Fsp3) is 0.278. The number of aliphatic carboxylic acids is 1. The number of carbonyl (C=O) groups is 2. The first-order valence-electron chi connectivity index (χ1n) is 8.04. The summed E-state index contributed by atoms with van der Waals surface area (Å²) in [6.07, 6.45) is 2.96. The highest BCUT2D eigenvalue weighted by Gasteiger charge is 2.26. The van der Waals surface area contributed by atoms with Gasteiger partial charge in [0.25, 0.3) is 0 Å². The minimum absolute atomic E-state index is 0.0530. The van der Waals surface area contributed by atoms with Gasteiger partial charge < -0.3 is 19.9 Å². The number of ether oxygens (including phenoxy) is 2. The van der Waals surface area contributed by atoms with Crippen molar-refractivity contribution in [1.29, 1.82) is 0 Å². The van der Waals surface area contributed by atoms with Gasteiger partial charge >= 0.3 is 5.97 Å². The molecular weight excluding hydrogens is 324 g/mol. The van der Waals surface area contributed by atoms with Gasteiger partial charge in [0.1, 0.15) is 29.7 Å². The number of nitrogens with zero attached hydrogens (tertiary/aromatic N) is 1. The first-order valence-corrected chi connectivity index (χ1v) is 8.04. The highest BCUT2D eigenvalue weighted by atomic mass is 16.5. The maximum Gasteiger partial charge on any atom is 0.310 e. The molecular formula is C18H16N2O5. The lowest BCUT2D eigenvalue weighted by Gasteiger charge is -2.23. The minimum atomic E-state index is -0.865. The van der Waals surface area contributed by atoms with Crippen LogP contribution < -0.4 is 14.8 Å². The third-order valence-corrected chi connectivity index (χ3v) is 4.39. The Morgan fingerprint density at radius 2 is 2.20 bits per heavy atom. The van der Waals surface area contributed by atoms with Gasteiger partial charge in [-0.1, -0.05) is 0 Å². The molecule has 0 saturated carbocycles. The van der Waals surface area contributed by atoms with Crippen LogP contribution in [0.15, 0.2) is 30.5 Å². The van der Waals surface area contributed by atoms with Gasteiger partial charge in [0, 0.05) is 18.2 Å². The molecule has 128 valence electrons. The molecule has 1 aromatic heterocycles. The summed E-state index contributed by atoms with van der Waals surface area (Å²) in [6.45, 7) is 0.181. The van der Waals surface area contributed by atoms with Crippen LogP contribution in [0.1, 0.15) is 17.5 Å². The molecule has 1 atom stereocenters. The van der Waals surface area contributed by atoms with E-state index in [2.05, 4.69) is 10.3 Å². The monoisotopic (exact) mass is 340 g/mol. The number of carbonyl (C=O) groups excluding carboxylic acids is 1. The molecule has 0 bridgehead atoms. The number of aromatic nitrogens is 1. The highest BCUT2D eigenvalue weighted by molar-refractivity contribution is 5.93. The van der Waals surface area contributed by atoms with Crippen molar-refractivity contribution in [2.75, 3.05) is 11.9 Å². The third kappa shape index (κ3) is 3.00. The molecule has 7 heteroatoms. The van der Waals surface area contributed by atoms with Crippen LogP contribution in [-0.2, 0) is 22.4 Å². The number of nitrogens with one attached hydrogen (secondary N) is 1. The normalized spacial score (nSPS) is 18.4. The van der Waals surface area contributed by atoms with E-state index in [9.17, 15) is 9.59 Å². The first-order chi connectivity index (χ1) is 12.1. The molecule has 25 heavy (non-hydrogen) atoms. The zero-order chi connectivity index (χ0) is 17.4. The van der Waals surface area contributed by atoms with E-state index in [1.807, 2.05) is 0 Å². The molecule has 2 aliphatic heterocycles. The lowest BCUT2D eigenvalue weighted by Crippen LogP contribution is -2.27. The molecule has 2 N–H and O–H groups in total. The van der Waals surface area contributed by atoms with Gasteiger partial charge in [-0.05, 0) is 42.7 Å². The Hall–Kier alpha value is -3.09. The average molecular weight is 340 g/mol. The molecule has 0 aliphatic carbocycles. The number of amides is 1. The summed E-state index contributed by atoms with van der Waals surface area (Å²) in [5.74, 6) is 0.982. The molecule has 0 unspecified atom stereocenters. The molecule has 4 rings (SSSR count). The Bertz CT molecular complexity index is 865. The molecule has 1 aromatic carbocycles. The van der Waals surface area contributed by atoms with Crippen molar-refractivity contribution in [2.24, 2.45) is 5.92 Å². The second-order valence-corrected chi connectivity index (χ2v) is 6.11. The van der Waals surface area contributed by atoms with Crippen molar-refractivity contribution in [3.05, 3.63) is 41.6 Å². The topological polar surface area (TPSA) is 97.8 Å². The number of carboxylic acids is 1. The second kappa shape index (κ2) is 6.08. The molecule has 0 spiro atoms. The Labute approximate surface area is 143 Å². The minimum Gasteiger partial charge on any atom is -0.492 e. The molecule has 0 saturated heterocycles. The van der Waals surface area contributed by atoms with Crippen LogP contribution in [0.25, 0.3) is 0 Å². The van der Waals surface area contributed by atoms with Gasteiger partial charge in [-0.2, -0.15) is 0 Å². The number of pyridine rings is 1. The number of hydrogen-bond acceptors (Lipinski definition) is 5. The predicted octanol–water partition coefficient (Wildman–Crippen LogP) is 2.39. The van der Waals surface area contributed by atoms with Gasteiger partial charge in [0.15, 0.2) is 0 Å². The van der Waals surface area contributed by atoms with Gasteiger partial charge in [-0.15, -0.1) is 0 Å². The summed E-state index contributed by atoms with van der Waals surface area (Å²) in [7, 11) is 0. The van der Waals surface area contributed by atoms with E-state index in [-0.39, 0.29) is 12.5 Å². The predicted molar refractivity (Wildman–Crippen MR) is 88.0 cm³/mol. The molecule has 0 fully saturated rings. The molecule has 2 aromatic rings. The van der Waals surface area contributed by atoms with Crippen molar-refractivity contribution >= 4 is 17.7 Å². The van der Waals surface area contributed by atoms with Gasteiger partial charge in [0.05, 0.1) is 5.92 Å². The van der Waals surface area contributed by atoms with Crippen molar-refractivity contribution in [3.63, 3.8) is 0 Å². The van der Waals surface area contributed by atoms with E-state index < -0.39 is 11.9 Å². The number of fused-ring (bicyclic) bond motifs is 2. The summed E-state index contributed by atoms with van der Waals surface area (Å²) in [5.41, 5.74) is 1.67. The van der Waals surface area contributed by atoms with E-state index in [0.717, 1.165) is 11.1 Å². The molecule has 3 heterocycles. The van der Waals surface area contributed by atoms with Crippen LogP contribution in [0.3, 0.4) is 0 Å². The number of anilines is 1. The largest absolute Gasteiger partial charge is 0.492 e. The Morgan fingerprint density at radius 3 is 3.04 bits per heavy atom. The fourth-order valence-electron chi connectivity index (χ4n) is 3.07. The maximum absolute atomic E-state index is 11.5. The van der Waals surface area contributed by atoms with E-state index in [1.165, 1.54) is 0 Å². The summed E-state index contributed by atoms with van der Waals surface area (Å²) in [6, 6.07) is 7.14. The van der Waals surface area contributed by atoms with E-state index in [0.29, 0.717) is 42.3 Å². The molecule has 1 amide bonds. The van der Waals surface area contributed by atoms with Crippen molar-refractivity contribution < 1.29 is 24.2 Å². The van der Waals surface area contributed by atoms with Crippen LogP contribution >= 0.6 is 0 Å². The van der Waals surface area contributed by atoms with Crippen molar-refractivity contribution in [3.8, 4) is 17.2 Å². The Morgan fingerprint density at radius 1 is 1.32 bits per heavy atom. The van der Waals surface area contributed by atoms with Crippen LogP contribution in [0, 0.1) is 5.92 Å². The number of hydrogen-bond donors (Lipinski definition) is 2. The van der Waals surface area contributed by atoms with E-state index >= 15 is 0 Å². The molecule has 7 nitrogen and oxygen atoms in total. The Balaban J connectivity index is 1.60. The van der Waals surface area contributed by atoms with Crippen LogP contribution in [0.4, 0.5) is 5.82 Å². The summed E-state index contributed by atoms with van der Waals surface area (Å²) >= 11 is 0. The maximum atomic E-state index is 11.5. The van der Waals surface area contributed by atoms with Gasteiger partial charge in [0.2, 0.25) is 5.91 Å². The van der Waals surface area contributed by atoms with Crippen LogP contribution in [-0.4, -0.2) is 28.6 Å². The summed E-state index contributed by atoms with van der Waals surface area (Å²) < 4.78 is 11.5. The average Bonchev–Trinajstić information content (AvgIpc) is 2.61.